The summed E-state index contributed by atoms with van der Waals surface area (Å²) in [6.45, 7) is 0.371. The monoisotopic (exact) mass is 516 g/mol. The second-order valence-corrected chi connectivity index (χ2v) is 9.98. The zero-order chi connectivity index (χ0) is 25.2. The van der Waals surface area contributed by atoms with Crippen LogP contribution in [0, 0.1) is 5.82 Å². The summed E-state index contributed by atoms with van der Waals surface area (Å²) in [4.78, 5) is 26.9. The Kier molecular flexibility index (Phi) is 7.06. The van der Waals surface area contributed by atoms with Gasteiger partial charge in [-0.25, -0.2) is 22.7 Å². The van der Waals surface area contributed by atoms with E-state index in [4.69, 9.17) is 16.7 Å². The maximum atomic E-state index is 14.9. The molecule has 0 aromatic heterocycles. The number of carbonyl (C=O) groups excluding carboxylic acids is 2. The summed E-state index contributed by atoms with van der Waals surface area (Å²) in [5.41, 5.74) is 0.934. The molecule has 1 atom stereocenters. The predicted octanol–water partition coefficient (Wildman–Crippen LogP) is 4.43. The van der Waals surface area contributed by atoms with Crippen molar-refractivity contribution in [2.75, 3.05) is 17.2 Å². The molecule has 0 bridgehead atoms. The smallest absolute Gasteiger partial charge is 0.322 e. The van der Waals surface area contributed by atoms with E-state index in [2.05, 4.69) is 10.6 Å². The van der Waals surface area contributed by atoms with Crippen molar-refractivity contribution in [2.24, 2.45) is 5.14 Å². The number of nitrogens with two attached hydrogens (primary N) is 1. The predicted molar refractivity (Wildman–Crippen MR) is 132 cm³/mol. The Hall–Kier alpha value is -3.47. The zero-order valence-electron chi connectivity index (χ0n) is 18.4. The molecule has 11 heteroatoms. The lowest BCUT2D eigenvalue weighted by Gasteiger charge is -2.24. The Morgan fingerprint density at radius 2 is 1.80 bits per heavy atom. The fourth-order valence-electron chi connectivity index (χ4n) is 4.00. The van der Waals surface area contributed by atoms with Gasteiger partial charge in [0.25, 0.3) is 0 Å². The highest BCUT2D eigenvalue weighted by atomic mass is 35.5. The molecule has 0 aliphatic carbocycles. The summed E-state index contributed by atoms with van der Waals surface area (Å²) < 4.78 is 38.6. The number of rotatable bonds is 5. The van der Waals surface area contributed by atoms with Crippen molar-refractivity contribution in [1.82, 2.24) is 4.90 Å². The first-order valence-electron chi connectivity index (χ1n) is 10.7. The van der Waals surface area contributed by atoms with Crippen molar-refractivity contribution in [2.45, 2.75) is 23.8 Å². The molecule has 1 unspecified atom stereocenters. The fraction of sp³-hybridized carbons (Fsp3) is 0.167. The first kappa shape index (κ1) is 24.6. The molecule has 0 radical (unpaired) electrons. The third kappa shape index (κ3) is 5.61. The van der Waals surface area contributed by atoms with Gasteiger partial charge in [0.2, 0.25) is 15.9 Å². The SMILES string of the molecule is NS(=O)(=O)c1ccccc1-c1ccc(NC(=O)C2CCCN2C(=O)Nc2cccc(Cl)c2)c(F)c1. The molecule has 35 heavy (non-hydrogen) atoms. The van der Waals surface area contributed by atoms with E-state index in [1.54, 1.807) is 30.3 Å². The van der Waals surface area contributed by atoms with Gasteiger partial charge in [0.15, 0.2) is 0 Å². The number of benzene rings is 3. The normalized spacial score (nSPS) is 15.6. The second kappa shape index (κ2) is 10.0. The van der Waals surface area contributed by atoms with Crippen LogP contribution in [0.25, 0.3) is 11.1 Å². The van der Waals surface area contributed by atoms with E-state index in [0.717, 1.165) is 6.07 Å². The number of primary sulfonamides is 1. The quantitative estimate of drug-likeness (QED) is 0.464. The van der Waals surface area contributed by atoms with Gasteiger partial charge >= 0.3 is 6.03 Å². The fourth-order valence-corrected chi connectivity index (χ4v) is 4.95. The zero-order valence-corrected chi connectivity index (χ0v) is 19.9. The molecule has 8 nitrogen and oxygen atoms in total. The molecule has 1 saturated heterocycles. The number of likely N-dealkylation sites (tertiary alicyclic amines) is 1. The summed E-state index contributed by atoms with van der Waals surface area (Å²) in [6, 6.07) is 15.3. The molecule has 4 N–H and O–H groups in total. The van der Waals surface area contributed by atoms with E-state index < -0.39 is 33.8 Å². The minimum atomic E-state index is -4.02. The first-order valence-corrected chi connectivity index (χ1v) is 12.6. The maximum Gasteiger partial charge on any atom is 0.322 e. The molecule has 3 aromatic carbocycles. The van der Waals surface area contributed by atoms with E-state index in [0.29, 0.717) is 30.1 Å². The highest BCUT2D eigenvalue weighted by molar-refractivity contribution is 7.89. The van der Waals surface area contributed by atoms with Crippen LogP contribution in [0.15, 0.2) is 71.6 Å². The molecule has 1 fully saturated rings. The Morgan fingerprint density at radius 3 is 2.51 bits per heavy atom. The number of anilines is 2. The summed E-state index contributed by atoms with van der Waals surface area (Å²) in [7, 11) is -4.02. The van der Waals surface area contributed by atoms with Crippen molar-refractivity contribution in [3.63, 3.8) is 0 Å². The summed E-state index contributed by atoms with van der Waals surface area (Å²) in [5, 5.41) is 11.0. The molecule has 0 saturated carbocycles. The number of halogens is 2. The first-order chi connectivity index (χ1) is 16.6. The van der Waals surface area contributed by atoms with Gasteiger partial charge in [-0.05, 0) is 54.8 Å². The minimum absolute atomic E-state index is 0.0889. The van der Waals surface area contributed by atoms with Crippen LogP contribution in [-0.2, 0) is 14.8 Å². The van der Waals surface area contributed by atoms with Gasteiger partial charge in [-0.15, -0.1) is 0 Å². The Labute approximate surface area is 206 Å². The summed E-state index contributed by atoms with van der Waals surface area (Å²) in [6.07, 6.45) is 1.04. The molecular formula is C24H22ClFN4O4S. The van der Waals surface area contributed by atoms with Crippen LogP contribution in [0.2, 0.25) is 5.02 Å². The van der Waals surface area contributed by atoms with Crippen molar-refractivity contribution in [1.29, 1.82) is 0 Å². The highest BCUT2D eigenvalue weighted by Crippen LogP contribution is 2.30. The molecule has 1 aliphatic rings. The number of urea groups is 1. The molecule has 3 amide bonds. The van der Waals surface area contributed by atoms with Crippen LogP contribution >= 0.6 is 11.6 Å². The van der Waals surface area contributed by atoms with Crippen molar-refractivity contribution < 1.29 is 22.4 Å². The molecule has 182 valence electrons. The number of nitrogens with zero attached hydrogens (tertiary/aromatic N) is 1. The van der Waals surface area contributed by atoms with Gasteiger partial charge < -0.3 is 15.5 Å². The number of nitrogens with one attached hydrogen (secondary N) is 2. The van der Waals surface area contributed by atoms with Gasteiger partial charge in [-0.3, -0.25) is 4.79 Å². The van der Waals surface area contributed by atoms with Crippen LogP contribution in [0.1, 0.15) is 12.8 Å². The topological polar surface area (TPSA) is 122 Å². The van der Waals surface area contributed by atoms with Crippen molar-refractivity contribution >= 4 is 44.9 Å². The van der Waals surface area contributed by atoms with Crippen LogP contribution in [0.3, 0.4) is 0 Å². The molecule has 1 aliphatic heterocycles. The van der Waals surface area contributed by atoms with Crippen LogP contribution < -0.4 is 15.8 Å². The third-order valence-electron chi connectivity index (χ3n) is 5.62. The van der Waals surface area contributed by atoms with Gasteiger partial charge in [-0.2, -0.15) is 0 Å². The average Bonchev–Trinajstić information content (AvgIpc) is 3.30. The van der Waals surface area contributed by atoms with Crippen LogP contribution in [0.5, 0.6) is 0 Å². The Bertz CT molecular complexity index is 1400. The van der Waals surface area contributed by atoms with Crippen LogP contribution in [0.4, 0.5) is 20.6 Å². The third-order valence-corrected chi connectivity index (χ3v) is 6.83. The number of sulfonamides is 1. The lowest BCUT2D eigenvalue weighted by atomic mass is 10.0. The lowest BCUT2D eigenvalue weighted by Crippen LogP contribution is -2.45. The standard InChI is InChI=1S/C24H22ClFN4O4S/c25-16-5-3-6-17(14-16)28-24(32)30-12-4-8-21(30)23(31)29-20-11-10-15(13-19(20)26)18-7-1-2-9-22(18)35(27,33)34/h1-3,5-7,9-11,13-14,21H,4,8,12H2,(H,28,32)(H,29,31)(H2,27,33,34). The molecule has 3 aromatic rings. The van der Waals surface area contributed by atoms with Crippen molar-refractivity contribution in [3.05, 3.63) is 77.6 Å². The molecule has 4 rings (SSSR count). The number of carbonyl (C=O) groups is 2. The van der Waals surface area contributed by atoms with E-state index in [9.17, 15) is 22.4 Å². The van der Waals surface area contributed by atoms with Crippen molar-refractivity contribution in [3.8, 4) is 11.1 Å². The molecule has 0 spiro atoms. The van der Waals surface area contributed by atoms with E-state index >= 15 is 0 Å². The number of hydrogen-bond donors (Lipinski definition) is 3. The Morgan fingerprint density at radius 1 is 1.03 bits per heavy atom. The minimum Gasteiger partial charge on any atom is -0.322 e. The second-order valence-electron chi connectivity index (χ2n) is 8.02. The average molecular weight is 517 g/mol. The van der Waals surface area contributed by atoms with Gasteiger partial charge in [0, 0.05) is 22.8 Å². The van der Waals surface area contributed by atoms with Gasteiger partial charge in [0.05, 0.1) is 10.6 Å². The molecular weight excluding hydrogens is 495 g/mol. The maximum absolute atomic E-state index is 14.9. The van der Waals surface area contributed by atoms with E-state index in [1.165, 1.54) is 35.2 Å². The van der Waals surface area contributed by atoms with Gasteiger partial charge in [-0.1, -0.05) is 41.9 Å². The van der Waals surface area contributed by atoms with Crippen LogP contribution in [-0.4, -0.2) is 37.8 Å². The van der Waals surface area contributed by atoms with Gasteiger partial charge in [0.1, 0.15) is 11.9 Å². The number of hydrogen-bond acceptors (Lipinski definition) is 4. The summed E-state index contributed by atoms with van der Waals surface area (Å²) in [5.74, 6) is -1.28. The Balaban J connectivity index is 1.49. The number of amides is 3. The van der Waals surface area contributed by atoms with E-state index in [1.807, 2.05) is 0 Å². The van der Waals surface area contributed by atoms with E-state index in [-0.39, 0.29) is 21.7 Å². The largest absolute Gasteiger partial charge is 0.322 e. The molecule has 1 heterocycles. The lowest BCUT2D eigenvalue weighted by molar-refractivity contribution is -0.119. The highest BCUT2D eigenvalue weighted by Gasteiger charge is 2.34. The summed E-state index contributed by atoms with van der Waals surface area (Å²) >= 11 is 5.95.